The van der Waals surface area contributed by atoms with E-state index in [0.717, 1.165) is 6.42 Å². The number of likely N-dealkylation sites (tertiary alicyclic amines) is 1. The summed E-state index contributed by atoms with van der Waals surface area (Å²) < 4.78 is 0. The van der Waals surface area contributed by atoms with Crippen LogP contribution in [0.15, 0.2) is 0 Å². The van der Waals surface area contributed by atoms with Crippen molar-refractivity contribution in [2.24, 2.45) is 5.92 Å². The van der Waals surface area contributed by atoms with Crippen molar-refractivity contribution in [1.82, 2.24) is 15.5 Å². The molecule has 0 bridgehead atoms. The van der Waals surface area contributed by atoms with E-state index in [4.69, 9.17) is 5.11 Å². The van der Waals surface area contributed by atoms with Crippen LogP contribution in [0.25, 0.3) is 0 Å². The number of carbonyl (C=O) groups excluding carboxylic acids is 2. The number of carboxylic acid groups (broad SMARTS) is 1. The Morgan fingerprint density at radius 2 is 2.10 bits per heavy atom. The highest BCUT2D eigenvalue weighted by atomic mass is 16.4. The molecule has 0 aromatic heterocycles. The molecule has 3 amide bonds. The van der Waals surface area contributed by atoms with Crippen LogP contribution in [0.1, 0.15) is 33.1 Å². The van der Waals surface area contributed by atoms with E-state index < -0.39 is 5.97 Å². The fourth-order valence-corrected chi connectivity index (χ4v) is 2.20. The summed E-state index contributed by atoms with van der Waals surface area (Å²) in [6.07, 6.45) is 1.43. The lowest BCUT2D eigenvalue weighted by Crippen LogP contribution is -2.42. The minimum atomic E-state index is -0.819. The second-order valence-corrected chi connectivity index (χ2v) is 5.36. The fraction of sp³-hybridized carbons (Fsp3) is 0.769. The van der Waals surface area contributed by atoms with Crippen LogP contribution in [0, 0.1) is 5.92 Å². The van der Waals surface area contributed by atoms with Crippen LogP contribution in [-0.4, -0.2) is 53.6 Å². The van der Waals surface area contributed by atoms with Gasteiger partial charge in [-0.2, -0.15) is 0 Å². The van der Waals surface area contributed by atoms with Crippen molar-refractivity contribution >= 4 is 17.9 Å². The van der Waals surface area contributed by atoms with E-state index in [-0.39, 0.29) is 30.3 Å². The van der Waals surface area contributed by atoms with Gasteiger partial charge in [0.15, 0.2) is 0 Å². The lowest BCUT2D eigenvalue weighted by atomic mass is 10.1. The molecule has 20 heavy (non-hydrogen) atoms. The standard InChI is InChI=1S/C13H23N3O4/c1-9(3-4-12(18)19)7-14-13(20)16-6-5-11(8-16)15-10(2)17/h9,11H,3-8H2,1-2H3,(H,14,20)(H,15,17)(H,18,19). The minimum Gasteiger partial charge on any atom is -0.481 e. The van der Waals surface area contributed by atoms with Crippen LogP contribution in [-0.2, 0) is 9.59 Å². The van der Waals surface area contributed by atoms with Gasteiger partial charge in [0.05, 0.1) is 0 Å². The first-order valence-electron chi connectivity index (χ1n) is 6.90. The number of nitrogens with one attached hydrogen (secondary N) is 2. The van der Waals surface area contributed by atoms with E-state index in [2.05, 4.69) is 10.6 Å². The van der Waals surface area contributed by atoms with Crippen LogP contribution in [0.4, 0.5) is 4.79 Å². The van der Waals surface area contributed by atoms with E-state index in [1.54, 1.807) is 4.90 Å². The average molecular weight is 285 g/mol. The topological polar surface area (TPSA) is 98.7 Å². The lowest BCUT2D eigenvalue weighted by Gasteiger charge is -2.19. The second kappa shape index (κ2) is 7.72. The van der Waals surface area contributed by atoms with E-state index in [1.165, 1.54) is 6.92 Å². The SMILES string of the molecule is CC(=O)NC1CCN(C(=O)NCC(C)CCC(=O)O)C1. The maximum Gasteiger partial charge on any atom is 0.317 e. The summed E-state index contributed by atoms with van der Waals surface area (Å²) >= 11 is 0. The molecular formula is C13H23N3O4. The quantitative estimate of drug-likeness (QED) is 0.658. The van der Waals surface area contributed by atoms with Gasteiger partial charge in [-0.05, 0) is 18.8 Å². The molecule has 1 saturated heterocycles. The normalized spacial score (nSPS) is 19.5. The molecule has 1 heterocycles. The minimum absolute atomic E-state index is 0.0303. The molecule has 1 fully saturated rings. The number of urea groups is 1. The van der Waals surface area contributed by atoms with Crippen molar-refractivity contribution in [3.05, 3.63) is 0 Å². The smallest absolute Gasteiger partial charge is 0.317 e. The lowest BCUT2D eigenvalue weighted by molar-refractivity contribution is -0.137. The summed E-state index contributed by atoms with van der Waals surface area (Å²) in [7, 11) is 0. The van der Waals surface area contributed by atoms with Crippen LogP contribution in [0.3, 0.4) is 0 Å². The molecule has 1 aliphatic heterocycles. The number of hydrogen-bond acceptors (Lipinski definition) is 3. The number of carbonyl (C=O) groups is 3. The molecule has 7 heteroatoms. The third-order valence-electron chi connectivity index (χ3n) is 3.34. The highest BCUT2D eigenvalue weighted by Crippen LogP contribution is 2.10. The Hall–Kier alpha value is -1.79. The summed E-state index contributed by atoms with van der Waals surface area (Å²) in [6, 6.07) is -0.122. The monoisotopic (exact) mass is 285 g/mol. The Labute approximate surface area is 118 Å². The molecule has 2 unspecified atom stereocenters. The Balaban J connectivity index is 2.23. The van der Waals surface area contributed by atoms with Gasteiger partial charge in [-0.25, -0.2) is 4.79 Å². The van der Waals surface area contributed by atoms with Crippen LogP contribution in [0.5, 0.6) is 0 Å². The predicted molar refractivity (Wildman–Crippen MR) is 73.2 cm³/mol. The molecule has 7 nitrogen and oxygen atoms in total. The third kappa shape index (κ3) is 5.90. The molecule has 0 saturated carbocycles. The van der Waals surface area contributed by atoms with E-state index in [0.29, 0.717) is 26.1 Å². The Morgan fingerprint density at radius 3 is 2.70 bits per heavy atom. The van der Waals surface area contributed by atoms with Crippen molar-refractivity contribution in [3.8, 4) is 0 Å². The largest absolute Gasteiger partial charge is 0.481 e. The Bertz CT molecular complexity index is 373. The van der Waals surface area contributed by atoms with Gasteiger partial charge in [0.1, 0.15) is 0 Å². The Morgan fingerprint density at radius 1 is 1.40 bits per heavy atom. The molecule has 0 spiro atoms. The van der Waals surface area contributed by atoms with Crippen molar-refractivity contribution in [2.45, 2.75) is 39.2 Å². The van der Waals surface area contributed by atoms with Gasteiger partial charge in [0, 0.05) is 39.0 Å². The van der Waals surface area contributed by atoms with Gasteiger partial charge in [-0.3, -0.25) is 9.59 Å². The van der Waals surface area contributed by atoms with Crippen molar-refractivity contribution in [3.63, 3.8) is 0 Å². The third-order valence-corrected chi connectivity index (χ3v) is 3.34. The zero-order valence-corrected chi connectivity index (χ0v) is 12.0. The summed E-state index contributed by atoms with van der Waals surface area (Å²) in [5.41, 5.74) is 0. The van der Waals surface area contributed by atoms with Gasteiger partial charge >= 0.3 is 12.0 Å². The van der Waals surface area contributed by atoms with E-state index >= 15 is 0 Å². The van der Waals surface area contributed by atoms with Crippen molar-refractivity contribution < 1.29 is 19.5 Å². The molecule has 1 aliphatic rings. The first kappa shape index (κ1) is 16.3. The summed E-state index contributed by atoms with van der Waals surface area (Å²) in [5, 5.41) is 14.2. The highest BCUT2D eigenvalue weighted by Gasteiger charge is 2.26. The average Bonchev–Trinajstić information content (AvgIpc) is 2.81. The first-order valence-corrected chi connectivity index (χ1v) is 6.90. The molecule has 0 aromatic rings. The van der Waals surface area contributed by atoms with Crippen LogP contribution in [0.2, 0.25) is 0 Å². The first-order chi connectivity index (χ1) is 9.38. The van der Waals surface area contributed by atoms with Crippen molar-refractivity contribution in [1.29, 1.82) is 0 Å². The molecule has 3 N–H and O–H groups in total. The van der Waals surface area contributed by atoms with E-state index in [9.17, 15) is 14.4 Å². The molecule has 0 aromatic carbocycles. The Kier molecular flexibility index (Phi) is 6.27. The fourth-order valence-electron chi connectivity index (χ4n) is 2.20. The van der Waals surface area contributed by atoms with E-state index in [1.807, 2.05) is 6.92 Å². The molecule has 114 valence electrons. The molecular weight excluding hydrogens is 262 g/mol. The van der Waals surface area contributed by atoms with Gasteiger partial charge in [0.2, 0.25) is 5.91 Å². The number of hydrogen-bond donors (Lipinski definition) is 3. The van der Waals surface area contributed by atoms with Gasteiger partial charge in [0.25, 0.3) is 0 Å². The second-order valence-electron chi connectivity index (χ2n) is 5.36. The number of aliphatic carboxylic acids is 1. The van der Waals surface area contributed by atoms with Gasteiger partial charge in [-0.1, -0.05) is 6.92 Å². The maximum absolute atomic E-state index is 11.9. The predicted octanol–water partition coefficient (Wildman–Crippen LogP) is 0.407. The summed E-state index contributed by atoms with van der Waals surface area (Å²) in [4.78, 5) is 35.0. The van der Waals surface area contributed by atoms with Crippen LogP contribution >= 0.6 is 0 Å². The number of amides is 3. The summed E-state index contributed by atoms with van der Waals surface area (Å²) in [5.74, 6) is -0.774. The molecule has 0 radical (unpaired) electrons. The summed E-state index contributed by atoms with van der Waals surface area (Å²) in [6.45, 7) is 4.99. The zero-order valence-electron chi connectivity index (χ0n) is 12.0. The molecule has 0 aliphatic carbocycles. The highest BCUT2D eigenvalue weighted by molar-refractivity contribution is 5.75. The molecule has 1 rings (SSSR count). The van der Waals surface area contributed by atoms with Crippen LogP contribution < -0.4 is 10.6 Å². The van der Waals surface area contributed by atoms with Gasteiger partial charge < -0.3 is 20.6 Å². The zero-order chi connectivity index (χ0) is 15.1. The molecule has 2 atom stereocenters. The maximum atomic E-state index is 11.9. The number of nitrogens with zero attached hydrogens (tertiary/aromatic N) is 1. The number of rotatable bonds is 6. The van der Waals surface area contributed by atoms with Gasteiger partial charge in [-0.15, -0.1) is 0 Å². The van der Waals surface area contributed by atoms with Crippen molar-refractivity contribution in [2.75, 3.05) is 19.6 Å². The number of carboxylic acids is 1.